The minimum absolute atomic E-state index is 0.0249. The Labute approximate surface area is 116 Å². The van der Waals surface area contributed by atoms with E-state index in [-0.39, 0.29) is 18.4 Å². The van der Waals surface area contributed by atoms with Crippen LogP contribution < -0.4 is 5.32 Å². The summed E-state index contributed by atoms with van der Waals surface area (Å²) in [5.41, 5.74) is -0.0327. The largest absolute Gasteiger partial charge is 0.469 e. The molecule has 0 radical (unpaired) electrons. The minimum atomic E-state index is -4.32. The lowest BCUT2D eigenvalue weighted by Crippen LogP contribution is -2.30. The molecule has 0 heterocycles. The Morgan fingerprint density at radius 3 is 2.70 bits per heavy atom. The van der Waals surface area contributed by atoms with E-state index >= 15 is 0 Å². The normalized spacial score (nSPS) is 13.1. The van der Waals surface area contributed by atoms with Crippen LogP contribution in [0, 0.1) is 0 Å². The van der Waals surface area contributed by atoms with Crippen molar-refractivity contribution in [3.05, 3.63) is 35.4 Å². The average molecular weight is 289 g/mol. The predicted molar refractivity (Wildman–Crippen MR) is 69.2 cm³/mol. The molecule has 112 valence electrons. The lowest BCUT2D eigenvalue weighted by atomic mass is 10.0. The Morgan fingerprint density at radius 1 is 1.40 bits per heavy atom. The van der Waals surface area contributed by atoms with Crippen molar-refractivity contribution in [2.75, 3.05) is 13.7 Å². The van der Waals surface area contributed by atoms with Crippen LogP contribution in [0.3, 0.4) is 0 Å². The molecule has 6 heteroatoms. The van der Waals surface area contributed by atoms with Crippen molar-refractivity contribution >= 4 is 5.97 Å². The number of hydrogen-bond donors (Lipinski definition) is 1. The zero-order chi connectivity index (χ0) is 15.2. The molecule has 3 nitrogen and oxygen atoms in total. The Balaban J connectivity index is 2.50. The summed E-state index contributed by atoms with van der Waals surface area (Å²) in [5, 5.41) is 3.07. The molecule has 0 amide bonds. The summed E-state index contributed by atoms with van der Waals surface area (Å²) in [6.07, 6.45) is -3.62. The molecule has 1 aromatic carbocycles. The van der Waals surface area contributed by atoms with Crippen molar-refractivity contribution in [3.63, 3.8) is 0 Å². The van der Waals surface area contributed by atoms with Crippen LogP contribution in [0.25, 0.3) is 0 Å². The highest BCUT2D eigenvalue weighted by molar-refractivity contribution is 5.69. The smallest absolute Gasteiger partial charge is 0.416 e. The molecule has 0 aliphatic carbocycles. The third kappa shape index (κ3) is 5.61. The van der Waals surface area contributed by atoms with Gasteiger partial charge in [-0.2, -0.15) is 13.2 Å². The lowest BCUT2D eigenvalue weighted by Gasteiger charge is -2.14. The number of benzene rings is 1. The van der Waals surface area contributed by atoms with Gasteiger partial charge in [0.25, 0.3) is 0 Å². The van der Waals surface area contributed by atoms with Crippen molar-refractivity contribution in [2.24, 2.45) is 0 Å². The molecule has 1 rings (SSSR count). The van der Waals surface area contributed by atoms with Crippen molar-refractivity contribution in [1.29, 1.82) is 0 Å². The Morgan fingerprint density at radius 2 is 2.10 bits per heavy atom. The highest BCUT2D eigenvalue weighted by Crippen LogP contribution is 2.29. The minimum Gasteiger partial charge on any atom is -0.469 e. The molecule has 1 aromatic rings. The Bertz CT molecular complexity index is 446. The number of carbonyl (C=O) groups is 1. The number of alkyl halides is 3. The fourth-order valence-corrected chi connectivity index (χ4v) is 1.82. The van der Waals surface area contributed by atoms with Crippen molar-refractivity contribution < 1.29 is 22.7 Å². The number of hydrogen-bond acceptors (Lipinski definition) is 3. The predicted octanol–water partition coefficient (Wildman–Crippen LogP) is 2.79. The van der Waals surface area contributed by atoms with Gasteiger partial charge in [0.05, 0.1) is 19.1 Å². The molecule has 20 heavy (non-hydrogen) atoms. The van der Waals surface area contributed by atoms with Gasteiger partial charge in [-0.25, -0.2) is 0 Å². The SMILES string of the molecule is COC(=O)CCNC(C)Cc1cccc(C(F)(F)F)c1. The summed E-state index contributed by atoms with van der Waals surface area (Å²) in [6.45, 7) is 2.30. The van der Waals surface area contributed by atoms with Crippen LogP contribution in [-0.2, 0) is 22.1 Å². The first kappa shape index (κ1) is 16.5. The molecule has 0 aliphatic heterocycles. The van der Waals surface area contributed by atoms with E-state index in [1.807, 2.05) is 6.92 Å². The van der Waals surface area contributed by atoms with E-state index < -0.39 is 11.7 Å². The quantitative estimate of drug-likeness (QED) is 0.818. The van der Waals surface area contributed by atoms with Gasteiger partial charge in [-0.1, -0.05) is 18.2 Å². The first-order valence-electron chi connectivity index (χ1n) is 6.29. The van der Waals surface area contributed by atoms with E-state index in [0.29, 0.717) is 18.5 Å². The molecular weight excluding hydrogens is 271 g/mol. The van der Waals surface area contributed by atoms with Gasteiger partial charge in [0.15, 0.2) is 0 Å². The van der Waals surface area contributed by atoms with Crippen molar-refractivity contribution in [3.8, 4) is 0 Å². The van der Waals surface area contributed by atoms with Crippen LogP contribution in [0.15, 0.2) is 24.3 Å². The van der Waals surface area contributed by atoms with E-state index in [1.165, 1.54) is 13.2 Å². The van der Waals surface area contributed by atoms with Gasteiger partial charge in [0.2, 0.25) is 0 Å². The number of carbonyl (C=O) groups excluding carboxylic acids is 1. The molecule has 0 fully saturated rings. The first-order valence-corrected chi connectivity index (χ1v) is 6.29. The number of methoxy groups -OCH3 is 1. The monoisotopic (exact) mass is 289 g/mol. The third-order valence-corrected chi connectivity index (χ3v) is 2.85. The Hall–Kier alpha value is -1.56. The lowest BCUT2D eigenvalue weighted by molar-refractivity contribution is -0.140. The molecule has 0 saturated heterocycles. The van der Waals surface area contributed by atoms with E-state index in [9.17, 15) is 18.0 Å². The first-order chi connectivity index (χ1) is 9.32. The molecule has 1 unspecified atom stereocenters. The zero-order valence-electron chi connectivity index (χ0n) is 11.5. The van der Waals surface area contributed by atoms with E-state index in [0.717, 1.165) is 12.1 Å². The number of halogens is 3. The molecular formula is C14H18F3NO2. The van der Waals surface area contributed by atoms with E-state index in [1.54, 1.807) is 6.07 Å². The van der Waals surface area contributed by atoms with Gasteiger partial charge in [-0.15, -0.1) is 0 Å². The van der Waals surface area contributed by atoms with Crippen LogP contribution in [-0.4, -0.2) is 25.7 Å². The number of esters is 1. The second-order valence-corrected chi connectivity index (χ2v) is 4.58. The van der Waals surface area contributed by atoms with Gasteiger partial charge in [-0.3, -0.25) is 4.79 Å². The molecule has 1 atom stereocenters. The molecule has 0 bridgehead atoms. The molecule has 0 spiro atoms. The van der Waals surface area contributed by atoms with E-state index in [4.69, 9.17) is 0 Å². The number of nitrogens with one attached hydrogen (secondary N) is 1. The molecule has 0 aliphatic rings. The van der Waals surface area contributed by atoms with Gasteiger partial charge in [-0.05, 0) is 25.0 Å². The molecule has 0 saturated carbocycles. The molecule has 0 aromatic heterocycles. The van der Waals surface area contributed by atoms with Crippen LogP contribution in [0.4, 0.5) is 13.2 Å². The maximum Gasteiger partial charge on any atom is 0.416 e. The second-order valence-electron chi connectivity index (χ2n) is 4.58. The molecule has 1 N–H and O–H groups in total. The Kier molecular flexibility index (Phi) is 6.01. The van der Waals surface area contributed by atoms with Crippen LogP contribution in [0.2, 0.25) is 0 Å². The summed E-state index contributed by atoms with van der Waals surface area (Å²) < 4.78 is 42.2. The fourth-order valence-electron chi connectivity index (χ4n) is 1.82. The summed E-state index contributed by atoms with van der Waals surface area (Å²) >= 11 is 0. The van der Waals surface area contributed by atoms with Crippen molar-refractivity contribution in [2.45, 2.75) is 32.0 Å². The number of rotatable bonds is 6. The van der Waals surface area contributed by atoms with Crippen LogP contribution in [0.5, 0.6) is 0 Å². The maximum atomic E-state index is 12.6. The summed E-state index contributed by atoms with van der Waals surface area (Å²) in [5.74, 6) is -0.316. The zero-order valence-corrected chi connectivity index (χ0v) is 11.5. The van der Waals surface area contributed by atoms with Crippen molar-refractivity contribution in [1.82, 2.24) is 5.32 Å². The van der Waals surface area contributed by atoms with Crippen LogP contribution >= 0.6 is 0 Å². The van der Waals surface area contributed by atoms with Crippen LogP contribution in [0.1, 0.15) is 24.5 Å². The van der Waals surface area contributed by atoms with Gasteiger partial charge >= 0.3 is 12.1 Å². The summed E-state index contributed by atoms with van der Waals surface area (Å²) in [6, 6.07) is 5.24. The van der Waals surface area contributed by atoms with Gasteiger partial charge in [0.1, 0.15) is 0 Å². The van der Waals surface area contributed by atoms with E-state index in [2.05, 4.69) is 10.1 Å². The van der Waals surface area contributed by atoms with Gasteiger partial charge in [0, 0.05) is 12.6 Å². The summed E-state index contributed by atoms with van der Waals surface area (Å²) in [4.78, 5) is 10.9. The second kappa shape index (κ2) is 7.28. The maximum absolute atomic E-state index is 12.6. The fraction of sp³-hybridized carbons (Fsp3) is 0.500. The highest BCUT2D eigenvalue weighted by atomic mass is 19.4. The van der Waals surface area contributed by atoms with Gasteiger partial charge < -0.3 is 10.1 Å². The number of ether oxygens (including phenoxy) is 1. The topological polar surface area (TPSA) is 38.3 Å². The third-order valence-electron chi connectivity index (χ3n) is 2.85. The highest BCUT2D eigenvalue weighted by Gasteiger charge is 2.30. The average Bonchev–Trinajstić information content (AvgIpc) is 2.37. The summed E-state index contributed by atoms with van der Waals surface area (Å²) in [7, 11) is 1.31. The standard InChI is InChI=1S/C14H18F3NO2/c1-10(18-7-6-13(19)20-2)8-11-4-3-5-12(9-11)14(15,16)17/h3-5,9-10,18H,6-8H2,1-2H3.